The minimum Gasteiger partial charge on any atom is -0.378 e. The van der Waals surface area contributed by atoms with Crippen molar-refractivity contribution < 1.29 is 0 Å². The summed E-state index contributed by atoms with van der Waals surface area (Å²) in [6.07, 6.45) is 0. The largest absolute Gasteiger partial charge is 0.378 e. The monoisotopic (exact) mass is 238 g/mol. The Morgan fingerprint density at radius 2 is 2.12 bits per heavy atom. The van der Waals surface area contributed by atoms with Crippen molar-refractivity contribution in [3.05, 3.63) is 45.6 Å². The molecule has 1 aromatic carbocycles. The molecular formula is C10H11ClN4O. The molecule has 0 aliphatic heterocycles. The third-order valence-electron chi connectivity index (χ3n) is 2.12. The summed E-state index contributed by atoms with van der Waals surface area (Å²) in [6, 6.07) is 7.32. The van der Waals surface area contributed by atoms with Gasteiger partial charge in [0.15, 0.2) is 0 Å². The molecule has 0 unspecified atom stereocenters. The summed E-state index contributed by atoms with van der Waals surface area (Å²) in [4.78, 5) is 13.7. The molecule has 2 aromatic rings. The smallest absolute Gasteiger partial charge is 0.343 e. The predicted octanol–water partition coefficient (Wildman–Crippen LogP) is 1.37. The molecule has 2 N–H and O–H groups in total. The Morgan fingerprint density at radius 3 is 2.69 bits per heavy atom. The van der Waals surface area contributed by atoms with E-state index in [4.69, 9.17) is 11.6 Å². The van der Waals surface area contributed by atoms with Gasteiger partial charge in [0.25, 0.3) is 0 Å². The Balaban J connectivity index is 2.02. The van der Waals surface area contributed by atoms with E-state index in [9.17, 15) is 4.79 Å². The van der Waals surface area contributed by atoms with Gasteiger partial charge in [-0.2, -0.15) is 5.10 Å². The van der Waals surface area contributed by atoms with E-state index in [1.165, 1.54) is 4.68 Å². The number of anilines is 1. The molecule has 5 nitrogen and oxygen atoms in total. The summed E-state index contributed by atoms with van der Waals surface area (Å²) >= 11 is 5.76. The van der Waals surface area contributed by atoms with E-state index in [0.29, 0.717) is 17.4 Å². The fourth-order valence-corrected chi connectivity index (χ4v) is 1.41. The molecule has 0 aliphatic carbocycles. The summed E-state index contributed by atoms with van der Waals surface area (Å²) in [5.41, 5.74) is 0.712. The van der Waals surface area contributed by atoms with E-state index in [2.05, 4.69) is 15.4 Å². The number of aromatic amines is 1. The van der Waals surface area contributed by atoms with Crippen molar-refractivity contribution in [2.45, 2.75) is 6.54 Å². The van der Waals surface area contributed by atoms with Gasteiger partial charge in [-0.25, -0.2) is 9.48 Å². The molecule has 0 fully saturated rings. The van der Waals surface area contributed by atoms with Crippen LogP contribution in [-0.4, -0.2) is 14.8 Å². The van der Waals surface area contributed by atoms with Gasteiger partial charge >= 0.3 is 5.69 Å². The average Bonchev–Trinajstić information content (AvgIpc) is 2.58. The van der Waals surface area contributed by atoms with Crippen LogP contribution in [0.15, 0.2) is 29.1 Å². The van der Waals surface area contributed by atoms with E-state index >= 15 is 0 Å². The quantitative estimate of drug-likeness (QED) is 0.849. The molecule has 0 amide bonds. The van der Waals surface area contributed by atoms with Gasteiger partial charge < -0.3 is 5.32 Å². The SMILES string of the molecule is Cn1nc(CNc2ccc(Cl)cc2)[nH]c1=O. The van der Waals surface area contributed by atoms with Crippen molar-refractivity contribution in [1.29, 1.82) is 0 Å². The molecular weight excluding hydrogens is 228 g/mol. The molecule has 0 spiro atoms. The lowest BCUT2D eigenvalue weighted by Crippen LogP contribution is -2.13. The zero-order chi connectivity index (χ0) is 11.5. The number of hydrogen-bond acceptors (Lipinski definition) is 3. The molecule has 0 bridgehead atoms. The highest BCUT2D eigenvalue weighted by Gasteiger charge is 2.00. The molecule has 6 heteroatoms. The normalized spacial score (nSPS) is 10.4. The van der Waals surface area contributed by atoms with Crippen LogP contribution in [0.4, 0.5) is 5.69 Å². The van der Waals surface area contributed by atoms with Gasteiger partial charge in [0.05, 0.1) is 6.54 Å². The first-order chi connectivity index (χ1) is 7.65. The van der Waals surface area contributed by atoms with Crippen molar-refractivity contribution in [2.24, 2.45) is 7.05 Å². The van der Waals surface area contributed by atoms with E-state index < -0.39 is 0 Å². The predicted molar refractivity (Wildman–Crippen MR) is 62.6 cm³/mol. The number of H-pyrrole nitrogens is 1. The Bertz CT molecular complexity index is 528. The fraction of sp³-hybridized carbons (Fsp3) is 0.200. The van der Waals surface area contributed by atoms with Gasteiger partial charge in [-0.05, 0) is 24.3 Å². The average molecular weight is 239 g/mol. The molecule has 84 valence electrons. The van der Waals surface area contributed by atoms with Crippen LogP contribution in [0.5, 0.6) is 0 Å². The number of hydrogen-bond donors (Lipinski definition) is 2. The second-order valence-corrected chi connectivity index (χ2v) is 3.80. The molecule has 0 atom stereocenters. The van der Waals surface area contributed by atoms with Gasteiger partial charge in [0, 0.05) is 17.8 Å². The third-order valence-corrected chi connectivity index (χ3v) is 2.37. The number of aryl methyl sites for hydroxylation is 1. The van der Waals surface area contributed by atoms with Crippen LogP contribution in [0.1, 0.15) is 5.82 Å². The molecule has 0 aliphatic rings. The fourth-order valence-electron chi connectivity index (χ4n) is 1.29. The summed E-state index contributed by atoms with van der Waals surface area (Å²) in [6.45, 7) is 0.470. The maximum Gasteiger partial charge on any atom is 0.343 e. The van der Waals surface area contributed by atoms with Crippen LogP contribution in [0.25, 0.3) is 0 Å². The van der Waals surface area contributed by atoms with Gasteiger partial charge in [0.2, 0.25) is 0 Å². The zero-order valence-electron chi connectivity index (χ0n) is 8.70. The highest BCUT2D eigenvalue weighted by molar-refractivity contribution is 6.30. The van der Waals surface area contributed by atoms with Crippen molar-refractivity contribution in [2.75, 3.05) is 5.32 Å². The van der Waals surface area contributed by atoms with Crippen molar-refractivity contribution in [3.8, 4) is 0 Å². The van der Waals surface area contributed by atoms with Gasteiger partial charge in [-0.3, -0.25) is 4.98 Å². The lowest BCUT2D eigenvalue weighted by atomic mass is 10.3. The Labute approximate surface area is 97.1 Å². The number of aromatic nitrogens is 3. The number of halogens is 1. The van der Waals surface area contributed by atoms with E-state index in [1.54, 1.807) is 19.2 Å². The lowest BCUT2D eigenvalue weighted by Gasteiger charge is -2.03. The van der Waals surface area contributed by atoms with Crippen LogP contribution >= 0.6 is 11.6 Å². The Kier molecular flexibility index (Phi) is 2.96. The Morgan fingerprint density at radius 1 is 1.44 bits per heavy atom. The van der Waals surface area contributed by atoms with Gasteiger partial charge in [0.1, 0.15) is 5.82 Å². The summed E-state index contributed by atoms with van der Waals surface area (Å²) < 4.78 is 1.26. The minimum atomic E-state index is -0.215. The molecule has 0 saturated heterocycles. The molecule has 0 radical (unpaired) electrons. The van der Waals surface area contributed by atoms with Crippen LogP contribution in [0.3, 0.4) is 0 Å². The minimum absolute atomic E-state index is 0.215. The Hall–Kier alpha value is -1.75. The number of nitrogens with one attached hydrogen (secondary N) is 2. The van der Waals surface area contributed by atoms with Crippen molar-refractivity contribution >= 4 is 17.3 Å². The molecule has 1 aromatic heterocycles. The maximum atomic E-state index is 11.1. The maximum absolute atomic E-state index is 11.1. The van der Waals surface area contributed by atoms with Gasteiger partial charge in [-0.1, -0.05) is 11.6 Å². The van der Waals surface area contributed by atoms with Crippen LogP contribution in [0, 0.1) is 0 Å². The van der Waals surface area contributed by atoms with E-state index in [-0.39, 0.29) is 5.69 Å². The summed E-state index contributed by atoms with van der Waals surface area (Å²) in [5.74, 6) is 0.599. The van der Waals surface area contributed by atoms with Gasteiger partial charge in [-0.15, -0.1) is 0 Å². The zero-order valence-corrected chi connectivity index (χ0v) is 9.45. The lowest BCUT2D eigenvalue weighted by molar-refractivity contribution is 0.722. The summed E-state index contributed by atoms with van der Waals surface area (Å²) in [7, 11) is 1.60. The first-order valence-electron chi connectivity index (χ1n) is 4.77. The number of rotatable bonds is 3. The van der Waals surface area contributed by atoms with E-state index in [0.717, 1.165) is 5.69 Å². The first kappa shape index (κ1) is 10.8. The second-order valence-electron chi connectivity index (χ2n) is 3.36. The molecule has 2 rings (SSSR count). The number of nitrogens with zero attached hydrogens (tertiary/aromatic N) is 2. The second kappa shape index (κ2) is 4.40. The highest BCUT2D eigenvalue weighted by Crippen LogP contribution is 2.13. The first-order valence-corrected chi connectivity index (χ1v) is 5.14. The van der Waals surface area contributed by atoms with Crippen molar-refractivity contribution in [1.82, 2.24) is 14.8 Å². The van der Waals surface area contributed by atoms with Crippen LogP contribution in [-0.2, 0) is 13.6 Å². The van der Waals surface area contributed by atoms with Crippen LogP contribution in [0.2, 0.25) is 5.02 Å². The standard InChI is InChI=1S/C10H11ClN4O/c1-15-10(16)13-9(14-15)6-12-8-4-2-7(11)3-5-8/h2-5,12H,6H2,1H3,(H,13,14,16). The molecule has 16 heavy (non-hydrogen) atoms. The highest BCUT2D eigenvalue weighted by atomic mass is 35.5. The van der Waals surface area contributed by atoms with E-state index in [1.807, 2.05) is 12.1 Å². The third kappa shape index (κ3) is 2.43. The summed E-state index contributed by atoms with van der Waals surface area (Å²) in [5, 5.41) is 7.82. The van der Waals surface area contributed by atoms with Crippen LogP contribution < -0.4 is 11.0 Å². The molecule has 1 heterocycles. The van der Waals surface area contributed by atoms with Crippen molar-refractivity contribution in [3.63, 3.8) is 0 Å². The topological polar surface area (TPSA) is 62.7 Å². The molecule has 0 saturated carbocycles. The number of benzene rings is 1.